The van der Waals surface area contributed by atoms with Crippen molar-refractivity contribution < 1.29 is 14.2 Å². The molecule has 2 heterocycles. The molecule has 2 aromatic carbocycles. The first-order valence-electron chi connectivity index (χ1n) is 12.0. The Morgan fingerprint density at radius 2 is 1.86 bits per heavy atom. The van der Waals surface area contributed by atoms with Gasteiger partial charge in [-0.15, -0.1) is 6.58 Å². The number of β-amino-alcohol motifs (C(OH)–C–C–N with tert-alkyl or cyclic N) is 1. The van der Waals surface area contributed by atoms with Crippen LogP contribution in [0.15, 0.2) is 67.3 Å². The van der Waals surface area contributed by atoms with E-state index in [1.807, 2.05) is 43.3 Å². The monoisotopic (exact) mass is 476 g/mol. The first-order chi connectivity index (χ1) is 17.0. The molecule has 3 aromatic rings. The third kappa shape index (κ3) is 6.72. The Kier molecular flexibility index (Phi) is 8.58. The minimum absolute atomic E-state index is 0.243. The molecule has 1 aliphatic heterocycles. The molecule has 4 rings (SSSR count). The van der Waals surface area contributed by atoms with Crippen LogP contribution in [-0.4, -0.2) is 72.0 Å². The smallest absolute Gasteiger partial charge is 0.161 e. The quantitative estimate of drug-likeness (QED) is 0.354. The molecule has 7 heteroatoms. The first kappa shape index (κ1) is 25.0. The van der Waals surface area contributed by atoms with Crippen LogP contribution in [0.25, 0.3) is 11.4 Å². The third-order valence-corrected chi connectivity index (χ3v) is 6.18. The molecular weight excluding hydrogens is 443 g/mol. The number of aromatic nitrogens is 2. The van der Waals surface area contributed by atoms with Crippen LogP contribution in [0.2, 0.25) is 0 Å². The molecule has 0 saturated carbocycles. The summed E-state index contributed by atoms with van der Waals surface area (Å²) in [6.07, 6.45) is 1.71. The van der Waals surface area contributed by atoms with Crippen molar-refractivity contribution in [1.29, 1.82) is 0 Å². The Morgan fingerprint density at radius 1 is 1.09 bits per heavy atom. The van der Waals surface area contributed by atoms with Crippen LogP contribution in [0, 0.1) is 12.7 Å². The standard InChI is InChI=1S/C28H33FN4O2/c1-3-16-35-20-25(34)19-32-12-14-33(15-13-32)28-26(18-22-8-7-11-24(29)17-22)21(2)30-27(31-28)23-9-5-4-6-10-23/h3-11,17,25,34H,1,12-16,18-20H2,2H3. The maximum Gasteiger partial charge on any atom is 0.161 e. The molecule has 0 spiro atoms. The van der Waals surface area contributed by atoms with Crippen molar-refractivity contribution >= 4 is 5.82 Å². The van der Waals surface area contributed by atoms with Gasteiger partial charge >= 0.3 is 0 Å². The summed E-state index contributed by atoms with van der Waals surface area (Å²) in [7, 11) is 0. The van der Waals surface area contributed by atoms with Crippen LogP contribution >= 0.6 is 0 Å². The van der Waals surface area contributed by atoms with Crippen LogP contribution in [0.4, 0.5) is 10.2 Å². The molecule has 35 heavy (non-hydrogen) atoms. The van der Waals surface area contributed by atoms with Crippen LogP contribution < -0.4 is 4.90 Å². The number of nitrogens with zero attached hydrogens (tertiary/aromatic N) is 4. The number of aliphatic hydroxyl groups excluding tert-OH is 1. The molecule has 184 valence electrons. The van der Waals surface area contributed by atoms with Crippen LogP contribution in [-0.2, 0) is 11.2 Å². The SMILES string of the molecule is C=CCOCC(O)CN1CCN(c2nc(-c3ccccc3)nc(C)c2Cc2cccc(F)c2)CC1. The second-order valence-corrected chi connectivity index (χ2v) is 8.88. The van der Waals surface area contributed by atoms with Crippen molar-refractivity contribution in [2.24, 2.45) is 0 Å². The van der Waals surface area contributed by atoms with E-state index in [1.54, 1.807) is 18.2 Å². The summed E-state index contributed by atoms with van der Waals surface area (Å²) in [4.78, 5) is 14.3. The lowest BCUT2D eigenvalue weighted by molar-refractivity contribution is 0.0252. The number of piperazine rings is 1. The number of halogens is 1. The Balaban J connectivity index is 1.55. The fraction of sp³-hybridized carbons (Fsp3) is 0.357. The second kappa shape index (κ2) is 12.0. The molecule has 0 aliphatic carbocycles. The molecule has 1 aromatic heterocycles. The fourth-order valence-corrected chi connectivity index (χ4v) is 4.40. The topological polar surface area (TPSA) is 61.7 Å². The lowest BCUT2D eigenvalue weighted by Crippen LogP contribution is -2.49. The highest BCUT2D eigenvalue weighted by molar-refractivity contribution is 5.61. The van der Waals surface area contributed by atoms with E-state index >= 15 is 0 Å². The molecule has 1 fully saturated rings. The molecule has 1 atom stereocenters. The van der Waals surface area contributed by atoms with Crippen molar-refractivity contribution in [3.8, 4) is 11.4 Å². The summed E-state index contributed by atoms with van der Waals surface area (Å²) in [5, 5.41) is 10.3. The van der Waals surface area contributed by atoms with Crippen molar-refractivity contribution in [1.82, 2.24) is 14.9 Å². The first-order valence-corrected chi connectivity index (χ1v) is 12.0. The number of benzene rings is 2. The molecule has 0 amide bonds. The van der Waals surface area contributed by atoms with Gasteiger partial charge in [0.25, 0.3) is 0 Å². The molecule has 1 N–H and O–H groups in total. The molecular formula is C28H33FN4O2. The maximum absolute atomic E-state index is 13.9. The van der Waals surface area contributed by atoms with Gasteiger partial charge in [-0.2, -0.15) is 0 Å². The number of anilines is 1. The second-order valence-electron chi connectivity index (χ2n) is 8.88. The van der Waals surface area contributed by atoms with Gasteiger partial charge in [0.15, 0.2) is 5.82 Å². The van der Waals surface area contributed by atoms with Gasteiger partial charge in [-0.3, -0.25) is 4.90 Å². The van der Waals surface area contributed by atoms with Crippen LogP contribution in [0.5, 0.6) is 0 Å². The molecule has 0 bridgehead atoms. The average Bonchev–Trinajstić information content (AvgIpc) is 2.86. The number of hydrogen-bond acceptors (Lipinski definition) is 6. The van der Waals surface area contributed by atoms with Gasteiger partial charge in [-0.1, -0.05) is 48.5 Å². The number of rotatable bonds is 10. The Morgan fingerprint density at radius 3 is 2.57 bits per heavy atom. The summed E-state index contributed by atoms with van der Waals surface area (Å²) in [5.41, 5.74) is 3.78. The van der Waals surface area contributed by atoms with Crippen LogP contribution in [0.3, 0.4) is 0 Å². The van der Waals surface area contributed by atoms with E-state index in [0.717, 1.165) is 54.4 Å². The molecule has 1 unspecified atom stereocenters. The maximum atomic E-state index is 13.9. The van der Waals surface area contributed by atoms with E-state index < -0.39 is 6.10 Å². The van der Waals surface area contributed by atoms with Gasteiger partial charge in [-0.25, -0.2) is 14.4 Å². The summed E-state index contributed by atoms with van der Waals surface area (Å²) in [6.45, 7) is 10.1. The highest BCUT2D eigenvalue weighted by Gasteiger charge is 2.24. The zero-order chi connectivity index (χ0) is 24.6. The van der Waals surface area contributed by atoms with E-state index in [4.69, 9.17) is 14.7 Å². The van der Waals surface area contributed by atoms with Crippen molar-refractivity contribution in [2.45, 2.75) is 19.4 Å². The molecule has 1 saturated heterocycles. The average molecular weight is 477 g/mol. The third-order valence-electron chi connectivity index (χ3n) is 6.18. The zero-order valence-corrected chi connectivity index (χ0v) is 20.2. The number of hydrogen-bond donors (Lipinski definition) is 1. The number of aryl methyl sites for hydroxylation is 1. The highest BCUT2D eigenvalue weighted by atomic mass is 19.1. The molecule has 6 nitrogen and oxygen atoms in total. The predicted octanol–water partition coefficient (Wildman–Crippen LogP) is 3.87. The summed E-state index contributed by atoms with van der Waals surface area (Å²) < 4.78 is 19.3. The summed E-state index contributed by atoms with van der Waals surface area (Å²) in [6, 6.07) is 16.7. The number of ether oxygens (including phenoxy) is 1. The van der Waals surface area contributed by atoms with Gasteiger partial charge in [0.1, 0.15) is 11.6 Å². The largest absolute Gasteiger partial charge is 0.389 e. The van der Waals surface area contributed by atoms with Crippen molar-refractivity contribution in [3.63, 3.8) is 0 Å². The van der Waals surface area contributed by atoms with Crippen molar-refractivity contribution in [3.05, 3.63) is 89.9 Å². The van der Waals surface area contributed by atoms with Crippen LogP contribution in [0.1, 0.15) is 16.8 Å². The number of aliphatic hydroxyl groups is 1. The lowest BCUT2D eigenvalue weighted by Gasteiger charge is -2.37. The lowest BCUT2D eigenvalue weighted by atomic mass is 10.0. The Labute approximate surface area is 206 Å². The summed E-state index contributed by atoms with van der Waals surface area (Å²) in [5.74, 6) is 1.35. The normalized spacial score (nSPS) is 15.2. The molecule has 0 radical (unpaired) electrons. The van der Waals surface area contributed by atoms with Gasteiger partial charge in [0.05, 0.1) is 19.3 Å². The Hall–Kier alpha value is -3.13. The Bertz CT molecular complexity index is 1120. The van der Waals surface area contributed by atoms with Gasteiger partial charge in [0.2, 0.25) is 0 Å². The minimum Gasteiger partial charge on any atom is -0.389 e. The zero-order valence-electron chi connectivity index (χ0n) is 20.2. The summed E-state index contributed by atoms with van der Waals surface area (Å²) >= 11 is 0. The predicted molar refractivity (Wildman–Crippen MR) is 137 cm³/mol. The van der Waals surface area contributed by atoms with E-state index in [2.05, 4.69) is 16.4 Å². The van der Waals surface area contributed by atoms with Gasteiger partial charge in [-0.05, 0) is 24.6 Å². The highest BCUT2D eigenvalue weighted by Crippen LogP contribution is 2.28. The van der Waals surface area contributed by atoms with E-state index in [1.165, 1.54) is 6.07 Å². The van der Waals surface area contributed by atoms with Gasteiger partial charge < -0.3 is 14.7 Å². The van der Waals surface area contributed by atoms with Crippen molar-refractivity contribution in [2.75, 3.05) is 50.8 Å². The minimum atomic E-state index is -0.531. The fourth-order valence-electron chi connectivity index (χ4n) is 4.40. The van der Waals surface area contributed by atoms with E-state index in [0.29, 0.717) is 32.0 Å². The van der Waals surface area contributed by atoms with E-state index in [-0.39, 0.29) is 5.82 Å². The van der Waals surface area contributed by atoms with Gasteiger partial charge in [0, 0.05) is 56.0 Å². The van der Waals surface area contributed by atoms with E-state index in [9.17, 15) is 9.50 Å². The molecule has 1 aliphatic rings.